The summed E-state index contributed by atoms with van der Waals surface area (Å²) < 4.78 is 0. The molecule has 0 spiro atoms. The number of amides is 2. The number of nitrogens with zero attached hydrogens (tertiary/aromatic N) is 1. The lowest BCUT2D eigenvalue weighted by Gasteiger charge is -2.38. The Morgan fingerprint density at radius 1 is 1.38 bits per heavy atom. The van der Waals surface area contributed by atoms with Gasteiger partial charge in [0.2, 0.25) is 11.8 Å². The van der Waals surface area contributed by atoms with Crippen LogP contribution in [0, 0.1) is 5.92 Å². The quantitative estimate of drug-likeness (QED) is 0.504. The van der Waals surface area contributed by atoms with E-state index in [1.165, 1.54) is 4.90 Å². The van der Waals surface area contributed by atoms with Crippen LogP contribution in [0.1, 0.15) is 6.42 Å². The van der Waals surface area contributed by atoms with E-state index in [4.69, 9.17) is 10.8 Å². The van der Waals surface area contributed by atoms with Crippen molar-refractivity contribution in [2.75, 3.05) is 26.2 Å². The van der Waals surface area contributed by atoms with Crippen molar-refractivity contribution in [1.82, 2.24) is 10.2 Å². The minimum Gasteiger partial charge on any atom is -0.481 e. The van der Waals surface area contributed by atoms with Crippen LogP contribution in [-0.2, 0) is 14.4 Å². The highest BCUT2D eigenvalue weighted by Crippen LogP contribution is 2.18. The number of nitrogens with one attached hydrogen (secondary N) is 1. The van der Waals surface area contributed by atoms with Gasteiger partial charge in [-0.3, -0.25) is 14.4 Å². The highest BCUT2D eigenvalue weighted by atomic mass is 16.4. The summed E-state index contributed by atoms with van der Waals surface area (Å²) in [6.45, 7) is 0.679. The molecule has 4 N–H and O–H groups in total. The minimum atomic E-state index is -0.853. The van der Waals surface area contributed by atoms with Crippen molar-refractivity contribution < 1.29 is 19.5 Å². The highest BCUT2D eigenvalue weighted by molar-refractivity contribution is 5.86. The van der Waals surface area contributed by atoms with Crippen LogP contribution in [0.4, 0.5) is 0 Å². The van der Waals surface area contributed by atoms with Crippen molar-refractivity contribution in [3.63, 3.8) is 0 Å². The van der Waals surface area contributed by atoms with E-state index in [0.717, 1.165) is 0 Å². The van der Waals surface area contributed by atoms with Crippen LogP contribution < -0.4 is 11.1 Å². The lowest BCUT2D eigenvalue weighted by Crippen LogP contribution is -2.53. The molecule has 0 aromatic carbocycles. The Bertz CT molecular complexity index is 299. The second-order valence-electron chi connectivity index (χ2n) is 3.74. The normalized spacial score (nSPS) is 15.4. The molecule has 0 unspecified atom stereocenters. The van der Waals surface area contributed by atoms with Gasteiger partial charge in [-0.1, -0.05) is 0 Å². The van der Waals surface area contributed by atoms with Crippen molar-refractivity contribution in [3.8, 4) is 0 Å². The first kappa shape index (κ1) is 12.4. The molecule has 0 aromatic heterocycles. The summed E-state index contributed by atoms with van der Waals surface area (Å²) in [6.07, 6.45) is 0.0823. The Morgan fingerprint density at radius 2 is 2.00 bits per heavy atom. The van der Waals surface area contributed by atoms with Crippen molar-refractivity contribution in [2.45, 2.75) is 6.42 Å². The summed E-state index contributed by atoms with van der Waals surface area (Å²) in [5.74, 6) is -1.40. The van der Waals surface area contributed by atoms with Gasteiger partial charge >= 0.3 is 5.97 Å². The maximum absolute atomic E-state index is 11.4. The van der Waals surface area contributed by atoms with Crippen LogP contribution in [0.5, 0.6) is 0 Å². The smallest absolute Gasteiger partial charge is 0.303 e. The zero-order valence-corrected chi connectivity index (χ0v) is 8.81. The van der Waals surface area contributed by atoms with Gasteiger partial charge in [-0.2, -0.15) is 0 Å². The Balaban J connectivity index is 2.17. The van der Waals surface area contributed by atoms with Gasteiger partial charge in [0, 0.05) is 19.0 Å². The van der Waals surface area contributed by atoms with E-state index >= 15 is 0 Å². The van der Waals surface area contributed by atoms with Gasteiger partial charge in [-0.05, 0) is 0 Å². The molecule has 7 nitrogen and oxygen atoms in total. The van der Waals surface area contributed by atoms with Crippen LogP contribution in [0.2, 0.25) is 0 Å². The van der Waals surface area contributed by atoms with Gasteiger partial charge in [0.25, 0.3) is 0 Å². The molecule has 1 rings (SSSR count). The van der Waals surface area contributed by atoms with Crippen LogP contribution in [0.3, 0.4) is 0 Å². The first-order valence-corrected chi connectivity index (χ1v) is 4.99. The second kappa shape index (κ2) is 5.45. The molecule has 0 atom stereocenters. The zero-order chi connectivity index (χ0) is 12.1. The van der Waals surface area contributed by atoms with E-state index < -0.39 is 5.97 Å². The van der Waals surface area contributed by atoms with E-state index in [0.29, 0.717) is 13.1 Å². The molecule has 0 radical (unpaired) electrons. The lowest BCUT2D eigenvalue weighted by molar-refractivity contribution is -0.144. The van der Waals surface area contributed by atoms with Crippen LogP contribution in [0.15, 0.2) is 0 Å². The molecule has 0 aliphatic carbocycles. The van der Waals surface area contributed by atoms with Crippen molar-refractivity contribution in [2.24, 2.45) is 11.7 Å². The van der Waals surface area contributed by atoms with Crippen molar-refractivity contribution in [1.29, 1.82) is 0 Å². The third-order valence-corrected chi connectivity index (χ3v) is 2.40. The maximum atomic E-state index is 11.4. The molecule has 1 aliphatic rings. The predicted molar refractivity (Wildman–Crippen MR) is 54.4 cm³/mol. The Hall–Kier alpha value is -1.63. The SMILES string of the molecule is NCC(=O)NCC(=O)N1CC(CC(=O)O)C1. The number of hydrogen-bond acceptors (Lipinski definition) is 4. The topological polar surface area (TPSA) is 113 Å². The third kappa shape index (κ3) is 3.50. The summed E-state index contributed by atoms with van der Waals surface area (Å²) in [5.41, 5.74) is 5.06. The van der Waals surface area contributed by atoms with E-state index in [-0.39, 0.29) is 37.2 Å². The summed E-state index contributed by atoms with van der Waals surface area (Å²) in [6, 6.07) is 0. The summed E-state index contributed by atoms with van der Waals surface area (Å²) in [7, 11) is 0. The molecule has 2 amide bonds. The number of carboxylic acids is 1. The molecule has 7 heteroatoms. The fourth-order valence-corrected chi connectivity index (χ4v) is 1.51. The molecule has 1 fully saturated rings. The molecule has 1 aliphatic heterocycles. The largest absolute Gasteiger partial charge is 0.481 e. The zero-order valence-electron chi connectivity index (χ0n) is 8.81. The molecule has 1 saturated heterocycles. The average molecular weight is 229 g/mol. The van der Waals surface area contributed by atoms with E-state index in [1.54, 1.807) is 0 Å². The average Bonchev–Trinajstić information content (AvgIpc) is 2.18. The number of carbonyl (C=O) groups excluding carboxylic acids is 2. The van der Waals surface area contributed by atoms with Crippen LogP contribution >= 0.6 is 0 Å². The van der Waals surface area contributed by atoms with E-state index in [1.807, 2.05) is 0 Å². The van der Waals surface area contributed by atoms with E-state index in [2.05, 4.69) is 5.32 Å². The maximum Gasteiger partial charge on any atom is 0.303 e. The molecule has 0 saturated carbocycles. The van der Waals surface area contributed by atoms with Gasteiger partial charge in [0.1, 0.15) is 0 Å². The van der Waals surface area contributed by atoms with Gasteiger partial charge in [-0.25, -0.2) is 0 Å². The third-order valence-electron chi connectivity index (χ3n) is 2.40. The number of likely N-dealkylation sites (tertiary alicyclic amines) is 1. The Labute approximate surface area is 92.6 Å². The molecular weight excluding hydrogens is 214 g/mol. The lowest BCUT2D eigenvalue weighted by atomic mass is 9.96. The second-order valence-corrected chi connectivity index (χ2v) is 3.74. The number of carbonyl (C=O) groups is 3. The number of carboxylic acid groups (broad SMARTS) is 1. The van der Waals surface area contributed by atoms with Gasteiger partial charge in [-0.15, -0.1) is 0 Å². The number of nitrogens with two attached hydrogens (primary N) is 1. The fraction of sp³-hybridized carbons (Fsp3) is 0.667. The Kier molecular flexibility index (Phi) is 4.24. The standard InChI is InChI=1S/C9H15N3O4/c10-2-7(13)11-3-8(14)12-4-6(5-12)1-9(15)16/h6H,1-5,10H2,(H,11,13)(H,15,16). The monoisotopic (exact) mass is 229 g/mol. The highest BCUT2D eigenvalue weighted by Gasteiger charge is 2.31. The number of aliphatic carboxylic acids is 1. The summed E-state index contributed by atoms with van der Waals surface area (Å²) in [4.78, 5) is 34.0. The van der Waals surface area contributed by atoms with Crippen LogP contribution in [-0.4, -0.2) is 54.0 Å². The van der Waals surface area contributed by atoms with Crippen molar-refractivity contribution >= 4 is 17.8 Å². The number of rotatable bonds is 5. The van der Waals surface area contributed by atoms with E-state index in [9.17, 15) is 14.4 Å². The Morgan fingerprint density at radius 3 is 2.50 bits per heavy atom. The molecular formula is C9H15N3O4. The fourth-order valence-electron chi connectivity index (χ4n) is 1.51. The summed E-state index contributed by atoms with van der Waals surface area (Å²) in [5, 5.41) is 10.9. The first-order valence-electron chi connectivity index (χ1n) is 4.99. The number of hydrogen-bond donors (Lipinski definition) is 3. The summed E-state index contributed by atoms with van der Waals surface area (Å²) >= 11 is 0. The first-order chi connectivity index (χ1) is 7.52. The predicted octanol–water partition coefficient (Wildman–Crippen LogP) is -2.01. The minimum absolute atomic E-state index is 0.0339. The molecule has 90 valence electrons. The molecule has 0 aromatic rings. The molecule has 16 heavy (non-hydrogen) atoms. The molecule has 1 heterocycles. The van der Waals surface area contributed by atoms with Gasteiger partial charge in [0.05, 0.1) is 19.5 Å². The van der Waals surface area contributed by atoms with Crippen LogP contribution in [0.25, 0.3) is 0 Å². The van der Waals surface area contributed by atoms with Gasteiger partial charge < -0.3 is 21.1 Å². The van der Waals surface area contributed by atoms with Gasteiger partial charge in [0.15, 0.2) is 0 Å². The van der Waals surface area contributed by atoms with Crippen molar-refractivity contribution in [3.05, 3.63) is 0 Å². The molecule has 0 bridgehead atoms.